The molecule has 0 N–H and O–H groups in total. The van der Waals surface area contributed by atoms with Crippen LogP contribution < -0.4 is 0 Å². The van der Waals surface area contributed by atoms with Gasteiger partial charge in [0.1, 0.15) is 12.4 Å². The molecule has 1 unspecified atom stereocenters. The molecule has 0 bridgehead atoms. The average molecular weight is 319 g/mol. The lowest BCUT2D eigenvalue weighted by Crippen LogP contribution is -2.55. The zero-order valence-corrected chi connectivity index (χ0v) is 13.5. The molecular weight excluding hydrogens is 297 g/mol. The molecule has 1 saturated heterocycles. The summed E-state index contributed by atoms with van der Waals surface area (Å²) in [6.45, 7) is 6.09. The van der Waals surface area contributed by atoms with Gasteiger partial charge in [-0.3, -0.25) is 4.90 Å². The summed E-state index contributed by atoms with van der Waals surface area (Å²) < 4.78 is 24.6. The third-order valence-corrected chi connectivity index (χ3v) is 4.30. The Morgan fingerprint density at radius 3 is 2.83 bits per heavy atom. The lowest BCUT2D eigenvalue weighted by Gasteiger charge is -2.42. The predicted octanol–water partition coefficient (Wildman–Crippen LogP) is 2.74. The van der Waals surface area contributed by atoms with Crippen LogP contribution in [0.5, 0.6) is 0 Å². The van der Waals surface area contributed by atoms with E-state index in [0.29, 0.717) is 24.4 Å². The molecule has 0 saturated carbocycles. The van der Waals surface area contributed by atoms with Gasteiger partial charge in [-0.05, 0) is 31.4 Å². The molecule has 6 heteroatoms. The van der Waals surface area contributed by atoms with Crippen LogP contribution in [0.15, 0.2) is 28.7 Å². The van der Waals surface area contributed by atoms with Crippen molar-refractivity contribution in [3.63, 3.8) is 0 Å². The minimum atomic E-state index is -0.112. The molecule has 2 heterocycles. The number of nitrogens with zero attached hydrogens (tertiary/aromatic N) is 3. The minimum Gasteiger partial charge on any atom is -0.423 e. The van der Waals surface area contributed by atoms with E-state index >= 15 is 0 Å². The third kappa shape index (κ3) is 4.14. The summed E-state index contributed by atoms with van der Waals surface area (Å²) in [5.41, 5.74) is 0.791. The quantitative estimate of drug-likeness (QED) is 0.785. The van der Waals surface area contributed by atoms with Crippen molar-refractivity contribution in [2.75, 3.05) is 13.1 Å². The molecule has 1 atom stereocenters. The van der Waals surface area contributed by atoms with Crippen LogP contribution in [0, 0.1) is 12.7 Å². The van der Waals surface area contributed by atoms with Crippen molar-refractivity contribution in [1.82, 2.24) is 15.1 Å². The Bertz CT molecular complexity index is 640. The predicted molar refractivity (Wildman–Crippen MR) is 83.4 cm³/mol. The maximum Gasteiger partial charge on any atom is 0.242 e. The highest BCUT2D eigenvalue weighted by molar-refractivity contribution is 5.17. The first kappa shape index (κ1) is 16.1. The fourth-order valence-corrected chi connectivity index (χ4v) is 2.77. The molecule has 3 rings (SSSR count). The van der Waals surface area contributed by atoms with Gasteiger partial charge in [0.05, 0.1) is 6.10 Å². The van der Waals surface area contributed by atoms with E-state index in [1.54, 1.807) is 13.0 Å². The Morgan fingerprint density at radius 1 is 1.35 bits per heavy atom. The van der Waals surface area contributed by atoms with Crippen LogP contribution in [-0.4, -0.2) is 40.3 Å². The van der Waals surface area contributed by atoms with Gasteiger partial charge in [0.2, 0.25) is 11.8 Å². The van der Waals surface area contributed by atoms with Crippen LogP contribution >= 0.6 is 0 Å². The van der Waals surface area contributed by atoms with Crippen LogP contribution in [0.2, 0.25) is 0 Å². The lowest BCUT2D eigenvalue weighted by molar-refractivity contribution is -0.0823. The summed E-state index contributed by atoms with van der Waals surface area (Å²) in [5, 5.41) is 7.68. The molecule has 5 nitrogen and oxygen atoms in total. The Hall–Kier alpha value is -1.79. The highest BCUT2D eigenvalue weighted by Crippen LogP contribution is 2.20. The van der Waals surface area contributed by atoms with Gasteiger partial charge >= 0.3 is 0 Å². The van der Waals surface area contributed by atoms with Crippen LogP contribution in [-0.2, 0) is 17.8 Å². The van der Waals surface area contributed by atoms with E-state index in [9.17, 15) is 4.39 Å². The molecule has 23 heavy (non-hydrogen) atoms. The topological polar surface area (TPSA) is 51.4 Å². The van der Waals surface area contributed by atoms with Crippen molar-refractivity contribution < 1.29 is 13.5 Å². The second kappa shape index (κ2) is 7.19. The molecule has 1 aromatic carbocycles. The van der Waals surface area contributed by atoms with Gasteiger partial charge < -0.3 is 9.15 Å². The summed E-state index contributed by atoms with van der Waals surface area (Å²) in [7, 11) is 0. The molecule has 124 valence electrons. The monoisotopic (exact) mass is 319 g/mol. The number of likely N-dealkylation sites (tertiary alicyclic amines) is 1. The highest BCUT2D eigenvalue weighted by Gasteiger charge is 2.31. The standard InChI is InChI=1S/C17H22FN3O2/c1-12(7-8-14-5-3-4-6-16(14)18)21-9-15(10-21)22-11-17-20-19-13(2)23-17/h3-6,12,15H,7-11H2,1-2H3. The molecule has 1 fully saturated rings. The molecule has 0 amide bonds. The van der Waals surface area contributed by atoms with Gasteiger partial charge in [0.25, 0.3) is 0 Å². The summed E-state index contributed by atoms with van der Waals surface area (Å²) >= 11 is 0. The highest BCUT2D eigenvalue weighted by atomic mass is 19.1. The largest absolute Gasteiger partial charge is 0.423 e. The summed E-state index contributed by atoms with van der Waals surface area (Å²) in [5.74, 6) is 0.966. The SMILES string of the molecule is Cc1nnc(COC2CN(C(C)CCc3ccccc3F)C2)o1. The molecule has 1 aromatic heterocycles. The summed E-state index contributed by atoms with van der Waals surface area (Å²) in [6.07, 6.45) is 1.91. The van der Waals surface area contributed by atoms with Crippen molar-refractivity contribution in [3.05, 3.63) is 47.4 Å². The van der Waals surface area contributed by atoms with Gasteiger partial charge in [0.15, 0.2) is 0 Å². The van der Waals surface area contributed by atoms with Crippen molar-refractivity contribution in [3.8, 4) is 0 Å². The van der Waals surface area contributed by atoms with Gasteiger partial charge in [-0.25, -0.2) is 4.39 Å². The summed E-state index contributed by atoms with van der Waals surface area (Å²) in [6, 6.07) is 7.41. The molecular formula is C17H22FN3O2. The Labute approximate surface area is 135 Å². The van der Waals surface area contributed by atoms with E-state index in [-0.39, 0.29) is 11.9 Å². The zero-order valence-electron chi connectivity index (χ0n) is 13.5. The van der Waals surface area contributed by atoms with E-state index < -0.39 is 0 Å². The normalized spacial score (nSPS) is 17.2. The van der Waals surface area contributed by atoms with Crippen LogP contribution in [0.1, 0.15) is 30.7 Å². The molecule has 0 spiro atoms. The number of hydrogen-bond donors (Lipinski definition) is 0. The number of halogens is 1. The Morgan fingerprint density at radius 2 is 2.13 bits per heavy atom. The van der Waals surface area contributed by atoms with E-state index in [1.165, 1.54) is 6.07 Å². The minimum absolute atomic E-state index is 0.112. The van der Waals surface area contributed by atoms with Gasteiger partial charge in [-0.2, -0.15) is 0 Å². The smallest absolute Gasteiger partial charge is 0.242 e. The van der Waals surface area contributed by atoms with Crippen molar-refractivity contribution >= 4 is 0 Å². The molecule has 1 aliphatic rings. The number of benzene rings is 1. The van der Waals surface area contributed by atoms with E-state index in [1.807, 2.05) is 12.1 Å². The van der Waals surface area contributed by atoms with Crippen LogP contribution in [0.4, 0.5) is 4.39 Å². The average Bonchev–Trinajstić information content (AvgIpc) is 2.90. The second-order valence-electron chi connectivity index (χ2n) is 6.08. The molecule has 0 radical (unpaired) electrons. The third-order valence-electron chi connectivity index (χ3n) is 4.30. The lowest BCUT2D eigenvalue weighted by atomic mass is 10.0. The molecule has 1 aliphatic heterocycles. The van der Waals surface area contributed by atoms with E-state index in [2.05, 4.69) is 22.0 Å². The van der Waals surface area contributed by atoms with Crippen molar-refractivity contribution in [1.29, 1.82) is 0 Å². The number of hydrogen-bond acceptors (Lipinski definition) is 5. The summed E-state index contributed by atoms with van der Waals surface area (Å²) in [4.78, 5) is 2.35. The van der Waals surface area contributed by atoms with Crippen molar-refractivity contribution in [2.24, 2.45) is 0 Å². The Balaban J connectivity index is 1.36. The number of rotatable bonds is 7. The zero-order chi connectivity index (χ0) is 16.2. The number of aromatic nitrogens is 2. The maximum absolute atomic E-state index is 13.6. The van der Waals surface area contributed by atoms with Crippen LogP contribution in [0.3, 0.4) is 0 Å². The van der Waals surface area contributed by atoms with Gasteiger partial charge in [0, 0.05) is 26.1 Å². The first-order chi connectivity index (χ1) is 11.1. The van der Waals surface area contributed by atoms with E-state index in [4.69, 9.17) is 9.15 Å². The molecule has 2 aromatic rings. The van der Waals surface area contributed by atoms with Crippen molar-refractivity contribution in [2.45, 2.75) is 45.4 Å². The molecule has 0 aliphatic carbocycles. The van der Waals surface area contributed by atoms with E-state index in [0.717, 1.165) is 31.5 Å². The van der Waals surface area contributed by atoms with Gasteiger partial charge in [-0.15, -0.1) is 10.2 Å². The van der Waals surface area contributed by atoms with Crippen LogP contribution in [0.25, 0.3) is 0 Å². The first-order valence-electron chi connectivity index (χ1n) is 8.00. The fourth-order valence-electron chi connectivity index (χ4n) is 2.77. The Kier molecular flexibility index (Phi) is 5.03. The fraction of sp³-hybridized carbons (Fsp3) is 0.529. The van der Waals surface area contributed by atoms with Gasteiger partial charge in [-0.1, -0.05) is 18.2 Å². The first-order valence-corrected chi connectivity index (χ1v) is 8.00. The maximum atomic E-state index is 13.6. The number of aryl methyl sites for hydroxylation is 2. The second-order valence-corrected chi connectivity index (χ2v) is 6.08. The number of ether oxygens (including phenoxy) is 1.